The smallest absolute Gasteiger partial charge is 0.0489 e. The van der Waals surface area contributed by atoms with Gasteiger partial charge in [-0.05, 0) is 31.0 Å². The van der Waals surface area contributed by atoms with Crippen LogP contribution in [0.15, 0.2) is 12.1 Å². The predicted molar refractivity (Wildman–Crippen MR) is 70.4 cm³/mol. The molecular weight excluding hydrogens is 220 g/mol. The zero-order valence-electron chi connectivity index (χ0n) is 9.68. The van der Waals surface area contributed by atoms with Gasteiger partial charge in [-0.15, -0.1) is 12.4 Å². The number of hydrogen-bond acceptors (Lipinski definition) is 1. The number of benzene rings is 1. The number of aryl methyl sites for hydroxylation is 2. The Morgan fingerprint density at radius 2 is 2.00 bits per heavy atom. The lowest BCUT2D eigenvalue weighted by atomic mass is 10.0. The summed E-state index contributed by atoms with van der Waals surface area (Å²) in [6.07, 6.45) is 1.13. The van der Waals surface area contributed by atoms with Gasteiger partial charge in [-0.25, -0.2) is 0 Å². The quantitative estimate of drug-likeness (QED) is 0.723. The number of aromatic nitrogens is 1. The lowest BCUT2D eigenvalue weighted by Crippen LogP contribution is -2.22. The summed E-state index contributed by atoms with van der Waals surface area (Å²) in [7, 11) is 0. The Bertz CT molecular complexity index is 528. The average Bonchev–Trinajstić information content (AvgIpc) is 2.57. The number of rotatable bonds is 0. The zero-order valence-corrected chi connectivity index (χ0v) is 10.5. The monoisotopic (exact) mass is 236 g/mol. The fourth-order valence-corrected chi connectivity index (χ4v) is 2.60. The summed E-state index contributed by atoms with van der Waals surface area (Å²) in [5.74, 6) is 0. The lowest BCUT2D eigenvalue weighted by Gasteiger charge is -2.12. The maximum atomic E-state index is 3.57. The second kappa shape index (κ2) is 4.11. The Labute approximate surface area is 102 Å². The van der Waals surface area contributed by atoms with E-state index in [1.807, 2.05) is 0 Å². The predicted octanol–water partition coefficient (Wildman–Crippen LogP) is 2.85. The summed E-state index contributed by atoms with van der Waals surface area (Å²) in [4.78, 5) is 3.57. The molecule has 0 spiro atoms. The van der Waals surface area contributed by atoms with Crippen LogP contribution in [0.4, 0.5) is 0 Å². The highest BCUT2D eigenvalue weighted by molar-refractivity contribution is 5.88. The van der Waals surface area contributed by atoms with Crippen LogP contribution in [0.5, 0.6) is 0 Å². The summed E-state index contributed by atoms with van der Waals surface area (Å²) >= 11 is 0. The Hall–Kier alpha value is -0.990. The molecule has 0 aliphatic carbocycles. The van der Waals surface area contributed by atoms with Crippen LogP contribution in [-0.4, -0.2) is 11.5 Å². The van der Waals surface area contributed by atoms with Gasteiger partial charge in [0.2, 0.25) is 0 Å². The van der Waals surface area contributed by atoms with E-state index in [-0.39, 0.29) is 12.4 Å². The van der Waals surface area contributed by atoms with Gasteiger partial charge in [0, 0.05) is 36.1 Å². The molecule has 0 atom stereocenters. The highest BCUT2D eigenvalue weighted by Crippen LogP contribution is 2.28. The number of H-pyrrole nitrogens is 1. The molecule has 3 heteroatoms. The largest absolute Gasteiger partial charge is 0.358 e. The van der Waals surface area contributed by atoms with Crippen LogP contribution in [0.25, 0.3) is 10.9 Å². The number of hydrogen-bond donors (Lipinski definition) is 2. The maximum absolute atomic E-state index is 3.57. The molecule has 2 heterocycles. The van der Waals surface area contributed by atoms with E-state index in [2.05, 4.69) is 36.3 Å². The molecule has 1 aromatic carbocycles. The molecule has 0 bridgehead atoms. The van der Waals surface area contributed by atoms with Gasteiger partial charge < -0.3 is 10.3 Å². The molecule has 0 amide bonds. The molecule has 0 saturated heterocycles. The third kappa shape index (κ3) is 1.62. The topological polar surface area (TPSA) is 27.8 Å². The van der Waals surface area contributed by atoms with Crippen molar-refractivity contribution in [1.29, 1.82) is 0 Å². The van der Waals surface area contributed by atoms with E-state index in [1.54, 1.807) is 0 Å². The van der Waals surface area contributed by atoms with Crippen LogP contribution in [0, 0.1) is 13.8 Å². The second-order valence-corrected chi connectivity index (χ2v) is 4.51. The molecule has 0 fully saturated rings. The first-order valence-electron chi connectivity index (χ1n) is 5.57. The van der Waals surface area contributed by atoms with E-state index < -0.39 is 0 Å². The standard InChI is InChI=1S/C13H16N2.ClH/c1-8-5-9(2)13-10(6-8)11-7-14-4-3-12(11)15-13;/h5-6,14-15H,3-4,7H2,1-2H3;1H. The first kappa shape index (κ1) is 11.5. The van der Waals surface area contributed by atoms with Crippen molar-refractivity contribution in [3.05, 3.63) is 34.5 Å². The highest BCUT2D eigenvalue weighted by Gasteiger charge is 2.15. The summed E-state index contributed by atoms with van der Waals surface area (Å²) in [6, 6.07) is 4.54. The summed E-state index contributed by atoms with van der Waals surface area (Å²) in [5.41, 5.74) is 6.95. The van der Waals surface area contributed by atoms with Crippen LogP contribution in [-0.2, 0) is 13.0 Å². The van der Waals surface area contributed by atoms with Crippen LogP contribution in [0.3, 0.4) is 0 Å². The van der Waals surface area contributed by atoms with Crippen molar-refractivity contribution in [2.75, 3.05) is 6.54 Å². The Morgan fingerprint density at radius 1 is 1.19 bits per heavy atom. The maximum Gasteiger partial charge on any atom is 0.0489 e. The van der Waals surface area contributed by atoms with E-state index in [0.29, 0.717) is 0 Å². The molecule has 2 nitrogen and oxygen atoms in total. The molecule has 86 valence electrons. The van der Waals surface area contributed by atoms with Crippen molar-refractivity contribution in [2.24, 2.45) is 0 Å². The molecule has 2 aromatic rings. The van der Waals surface area contributed by atoms with Crippen molar-refractivity contribution in [2.45, 2.75) is 26.8 Å². The van der Waals surface area contributed by atoms with E-state index in [4.69, 9.17) is 0 Å². The molecule has 3 rings (SSSR count). The van der Waals surface area contributed by atoms with E-state index in [9.17, 15) is 0 Å². The molecule has 16 heavy (non-hydrogen) atoms. The first-order chi connectivity index (χ1) is 7.25. The van der Waals surface area contributed by atoms with E-state index in [0.717, 1.165) is 19.5 Å². The second-order valence-electron chi connectivity index (χ2n) is 4.51. The molecule has 1 aromatic heterocycles. The minimum atomic E-state index is 0. The van der Waals surface area contributed by atoms with Crippen molar-refractivity contribution >= 4 is 23.3 Å². The van der Waals surface area contributed by atoms with Gasteiger partial charge in [-0.2, -0.15) is 0 Å². The van der Waals surface area contributed by atoms with Gasteiger partial charge >= 0.3 is 0 Å². The van der Waals surface area contributed by atoms with Crippen LogP contribution in [0.2, 0.25) is 0 Å². The Balaban J connectivity index is 0.000000963. The molecule has 1 aliphatic rings. The van der Waals surface area contributed by atoms with Gasteiger partial charge in [0.05, 0.1) is 0 Å². The summed E-state index contributed by atoms with van der Waals surface area (Å²) < 4.78 is 0. The first-order valence-corrected chi connectivity index (χ1v) is 5.57. The third-order valence-corrected chi connectivity index (χ3v) is 3.30. The molecule has 2 N–H and O–H groups in total. The SMILES string of the molecule is Cc1cc(C)c2[nH]c3c(c2c1)CNCC3.Cl. The highest BCUT2D eigenvalue weighted by atomic mass is 35.5. The zero-order chi connectivity index (χ0) is 10.4. The third-order valence-electron chi connectivity index (χ3n) is 3.30. The Kier molecular flexibility index (Phi) is 2.96. The number of fused-ring (bicyclic) bond motifs is 3. The number of aromatic amines is 1. The van der Waals surface area contributed by atoms with E-state index in [1.165, 1.54) is 33.3 Å². The molecule has 0 unspecified atom stereocenters. The normalized spacial score (nSPS) is 14.6. The van der Waals surface area contributed by atoms with E-state index >= 15 is 0 Å². The van der Waals surface area contributed by atoms with Gasteiger partial charge in [-0.1, -0.05) is 11.6 Å². The van der Waals surface area contributed by atoms with Crippen LogP contribution in [0.1, 0.15) is 22.4 Å². The molecule has 0 radical (unpaired) electrons. The number of halogens is 1. The minimum absolute atomic E-state index is 0. The van der Waals surface area contributed by atoms with Crippen molar-refractivity contribution in [1.82, 2.24) is 10.3 Å². The fraction of sp³-hybridized carbons (Fsp3) is 0.385. The van der Waals surface area contributed by atoms with Crippen molar-refractivity contribution in [3.63, 3.8) is 0 Å². The summed E-state index contributed by atoms with van der Waals surface area (Å²) in [5, 5.41) is 4.85. The van der Waals surface area contributed by atoms with Gasteiger partial charge in [-0.3, -0.25) is 0 Å². The lowest BCUT2D eigenvalue weighted by molar-refractivity contribution is 0.641. The minimum Gasteiger partial charge on any atom is -0.358 e. The molecular formula is C13H17ClN2. The van der Waals surface area contributed by atoms with Crippen molar-refractivity contribution in [3.8, 4) is 0 Å². The van der Waals surface area contributed by atoms with Crippen molar-refractivity contribution < 1.29 is 0 Å². The van der Waals surface area contributed by atoms with Gasteiger partial charge in [0.1, 0.15) is 0 Å². The molecule has 1 aliphatic heterocycles. The summed E-state index contributed by atoms with van der Waals surface area (Å²) in [6.45, 7) is 6.46. The van der Waals surface area contributed by atoms with Gasteiger partial charge in [0.25, 0.3) is 0 Å². The van der Waals surface area contributed by atoms with Crippen LogP contribution >= 0.6 is 12.4 Å². The van der Waals surface area contributed by atoms with Crippen LogP contribution < -0.4 is 5.32 Å². The van der Waals surface area contributed by atoms with Gasteiger partial charge in [0.15, 0.2) is 0 Å². The average molecular weight is 237 g/mol. The molecule has 0 saturated carbocycles. The number of nitrogens with one attached hydrogen (secondary N) is 2. The Morgan fingerprint density at radius 3 is 2.81 bits per heavy atom. The fourth-order valence-electron chi connectivity index (χ4n) is 2.60.